The van der Waals surface area contributed by atoms with E-state index in [1.807, 2.05) is 0 Å². The van der Waals surface area contributed by atoms with Crippen LogP contribution < -0.4 is 0 Å². The summed E-state index contributed by atoms with van der Waals surface area (Å²) in [6, 6.07) is 0. The van der Waals surface area contributed by atoms with Crippen molar-refractivity contribution in [1.29, 1.82) is 0 Å². The quantitative estimate of drug-likeness (QED) is 0.292. The van der Waals surface area contributed by atoms with Crippen molar-refractivity contribution in [1.82, 2.24) is 0 Å². The van der Waals surface area contributed by atoms with Gasteiger partial charge in [-0.3, -0.25) is 4.79 Å². The molecule has 0 radical (unpaired) electrons. The molecule has 192 valence electrons. The van der Waals surface area contributed by atoms with Crippen LogP contribution in [0.15, 0.2) is 0 Å². The maximum absolute atomic E-state index is 11.4. The van der Waals surface area contributed by atoms with Gasteiger partial charge in [-0.1, -0.05) is 38.5 Å². The summed E-state index contributed by atoms with van der Waals surface area (Å²) < 4.78 is 0. The van der Waals surface area contributed by atoms with Gasteiger partial charge >= 0.3 is 5.97 Å². The van der Waals surface area contributed by atoms with E-state index >= 15 is 0 Å². The van der Waals surface area contributed by atoms with Gasteiger partial charge in [0.25, 0.3) is 0 Å². The lowest BCUT2D eigenvalue weighted by molar-refractivity contribution is -0.138. The first kappa shape index (κ1) is 26.9. The third kappa shape index (κ3) is 8.19. The summed E-state index contributed by atoms with van der Waals surface area (Å²) >= 11 is 0. The number of carboxylic acids is 1. The fourth-order valence-corrected chi connectivity index (χ4v) is 7.11. The third-order valence-electron chi connectivity index (χ3n) is 9.13. The van der Waals surface area contributed by atoms with Gasteiger partial charge in [0.2, 0.25) is 0 Å². The average molecular weight is 469 g/mol. The molecule has 0 aromatic heterocycles. The molecule has 3 fully saturated rings. The Hall–Kier alpha value is -0.690. The maximum Gasteiger partial charge on any atom is 0.303 e. The van der Waals surface area contributed by atoms with Crippen LogP contribution in [0.5, 0.6) is 0 Å². The maximum atomic E-state index is 11.4. The molecule has 0 heterocycles. The van der Waals surface area contributed by atoms with E-state index in [9.17, 15) is 30.3 Å². The Morgan fingerprint density at radius 1 is 0.667 bits per heavy atom. The average Bonchev–Trinajstić information content (AvgIpc) is 3.21. The zero-order valence-corrected chi connectivity index (χ0v) is 20.4. The Kier molecular flexibility index (Phi) is 10.9. The summed E-state index contributed by atoms with van der Waals surface area (Å²) in [5, 5.41) is 51.7. The molecule has 3 rings (SSSR count). The molecule has 7 atom stereocenters. The lowest BCUT2D eigenvalue weighted by Gasteiger charge is -2.30. The van der Waals surface area contributed by atoms with Crippen molar-refractivity contribution in [2.45, 2.75) is 134 Å². The fraction of sp³-hybridized carbons (Fsp3) is 0.963. The Morgan fingerprint density at radius 2 is 1.12 bits per heavy atom. The molecule has 0 amide bonds. The van der Waals surface area contributed by atoms with E-state index in [0.717, 1.165) is 77.0 Å². The number of hydrogen-bond acceptors (Lipinski definition) is 5. The highest BCUT2D eigenvalue weighted by atomic mass is 16.4. The van der Waals surface area contributed by atoms with Crippen LogP contribution in [0.3, 0.4) is 0 Å². The van der Waals surface area contributed by atoms with E-state index in [2.05, 4.69) is 0 Å². The Bertz CT molecular complexity index is 571. The number of aliphatic hydroxyl groups excluding tert-OH is 4. The molecule has 6 heteroatoms. The molecule has 7 unspecified atom stereocenters. The zero-order valence-electron chi connectivity index (χ0n) is 20.4. The van der Waals surface area contributed by atoms with Gasteiger partial charge < -0.3 is 25.5 Å². The molecule has 0 aromatic rings. The summed E-state index contributed by atoms with van der Waals surface area (Å²) in [6.07, 6.45) is 12.7. The van der Waals surface area contributed by atoms with Gasteiger partial charge in [0, 0.05) is 6.42 Å². The number of hydrogen-bond donors (Lipinski definition) is 5. The number of carboxylic acid groups (broad SMARTS) is 1. The Morgan fingerprint density at radius 3 is 1.61 bits per heavy atom. The summed E-state index contributed by atoms with van der Waals surface area (Å²) in [5.74, 6) is 0.305. The highest BCUT2D eigenvalue weighted by Crippen LogP contribution is 2.44. The highest BCUT2D eigenvalue weighted by Gasteiger charge is 2.37. The smallest absolute Gasteiger partial charge is 0.303 e. The van der Waals surface area contributed by atoms with Gasteiger partial charge in [-0.25, -0.2) is 0 Å². The van der Waals surface area contributed by atoms with Crippen molar-refractivity contribution in [2.24, 2.45) is 29.6 Å². The Labute approximate surface area is 199 Å². The first-order valence-corrected chi connectivity index (χ1v) is 13.8. The highest BCUT2D eigenvalue weighted by molar-refractivity contribution is 5.67. The van der Waals surface area contributed by atoms with Crippen LogP contribution in [-0.4, -0.2) is 55.9 Å². The molecular formula is C27H48O6. The molecule has 0 bridgehead atoms. The topological polar surface area (TPSA) is 118 Å². The molecule has 3 aliphatic carbocycles. The largest absolute Gasteiger partial charge is 0.481 e. The van der Waals surface area contributed by atoms with Crippen molar-refractivity contribution in [3.05, 3.63) is 0 Å². The van der Waals surface area contributed by atoms with Crippen LogP contribution in [0.4, 0.5) is 0 Å². The minimum Gasteiger partial charge on any atom is -0.481 e. The number of aliphatic hydroxyl groups is 4. The molecule has 0 aromatic carbocycles. The van der Waals surface area contributed by atoms with E-state index in [-0.39, 0.29) is 30.1 Å². The summed E-state index contributed by atoms with van der Waals surface area (Å²) in [7, 11) is 0. The van der Waals surface area contributed by atoms with Gasteiger partial charge in [0.15, 0.2) is 0 Å². The van der Waals surface area contributed by atoms with Crippen molar-refractivity contribution in [2.75, 3.05) is 0 Å². The number of carbonyl (C=O) groups is 1. The SMILES string of the molecule is O=C(O)CC1CC(CCC(O)C(O)C2CCCCC2)CC1CCC(O)C(O)C1CCCCC1. The zero-order chi connectivity index (χ0) is 23.8. The van der Waals surface area contributed by atoms with Crippen LogP contribution in [-0.2, 0) is 4.79 Å². The van der Waals surface area contributed by atoms with E-state index in [0.29, 0.717) is 18.8 Å². The second-order valence-corrected chi connectivity index (χ2v) is 11.5. The van der Waals surface area contributed by atoms with E-state index in [1.54, 1.807) is 0 Å². The molecular weight excluding hydrogens is 420 g/mol. The third-order valence-corrected chi connectivity index (χ3v) is 9.13. The molecule has 5 N–H and O–H groups in total. The van der Waals surface area contributed by atoms with Crippen LogP contribution in [0, 0.1) is 29.6 Å². The van der Waals surface area contributed by atoms with E-state index in [1.165, 1.54) is 12.8 Å². The summed E-state index contributed by atoms with van der Waals surface area (Å²) in [6.45, 7) is 0. The van der Waals surface area contributed by atoms with E-state index < -0.39 is 30.4 Å². The van der Waals surface area contributed by atoms with Gasteiger partial charge in [0.05, 0.1) is 24.4 Å². The Balaban J connectivity index is 1.45. The minimum atomic E-state index is -0.777. The normalized spacial score (nSPS) is 31.2. The second kappa shape index (κ2) is 13.4. The first-order valence-electron chi connectivity index (χ1n) is 13.8. The second-order valence-electron chi connectivity index (χ2n) is 11.5. The lowest BCUT2D eigenvalue weighted by atomic mass is 9.81. The number of rotatable bonds is 12. The summed E-state index contributed by atoms with van der Waals surface area (Å²) in [4.78, 5) is 11.4. The van der Waals surface area contributed by atoms with E-state index in [4.69, 9.17) is 0 Å². The van der Waals surface area contributed by atoms with Gasteiger partial charge in [0.1, 0.15) is 0 Å². The molecule has 0 spiro atoms. The predicted molar refractivity (Wildman–Crippen MR) is 128 cm³/mol. The molecule has 0 saturated heterocycles. The molecule has 3 aliphatic rings. The fourth-order valence-electron chi connectivity index (χ4n) is 7.11. The van der Waals surface area contributed by atoms with Crippen molar-refractivity contribution < 1.29 is 30.3 Å². The molecule has 3 saturated carbocycles. The van der Waals surface area contributed by atoms with Gasteiger partial charge in [-0.15, -0.1) is 0 Å². The first-order chi connectivity index (χ1) is 15.8. The molecule has 6 nitrogen and oxygen atoms in total. The predicted octanol–water partition coefficient (Wildman–Crippen LogP) is 4.27. The lowest BCUT2D eigenvalue weighted by Crippen LogP contribution is -2.35. The van der Waals surface area contributed by atoms with Crippen LogP contribution in [0.1, 0.15) is 109 Å². The van der Waals surface area contributed by atoms with Crippen LogP contribution in [0.2, 0.25) is 0 Å². The van der Waals surface area contributed by atoms with Crippen LogP contribution in [0.25, 0.3) is 0 Å². The standard InChI is InChI=1S/C27H48O6/c28-23(26(32)19-7-3-1-4-8-19)13-11-18-15-21(22(16-18)17-25(30)31)12-14-24(29)27(33)20-9-5-2-6-10-20/h18-24,26-29,32-33H,1-17H2,(H,30,31). The summed E-state index contributed by atoms with van der Waals surface area (Å²) in [5.41, 5.74) is 0. The molecule has 33 heavy (non-hydrogen) atoms. The van der Waals surface area contributed by atoms with Crippen molar-refractivity contribution in [3.63, 3.8) is 0 Å². The van der Waals surface area contributed by atoms with Gasteiger partial charge in [-0.05, 0) is 93.8 Å². The van der Waals surface area contributed by atoms with Gasteiger partial charge in [-0.2, -0.15) is 0 Å². The van der Waals surface area contributed by atoms with Crippen LogP contribution >= 0.6 is 0 Å². The molecule has 0 aliphatic heterocycles. The minimum absolute atomic E-state index is 0.0898. The van der Waals surface area contributed by atoms with Crippen molar-refractivity contribution in [3.8, 4) is 0 Å². The monoisotopic (exact) mass is 468 g/mol. The number of aliphatic carboxylic acids is 1. The van der Waals surface area contributed by atoms with Crippen molar-refractivity contribution >= 4 is 5.97 Å².